The molecule has 176 valence electrons. The first-order valence-electron chi connectivity index (χ1n) is 11.9. The smallest absolute Gasteiger partial charge is 0.306 e. The van der Waals surface area contributed by atoms with Crippen LogP contribution in [0.15, 0.2) is 36.5 Å². The molecule has 7 nitrogen and oxygen atoms in total. The Labute approximate surface area is 200 Å². The SMILES string of the molecule is CCOC(=O)CCc1cnc2c(C(=O)CN3CCCCC3)c(C)n(-c3ccc(C#N)cc3)c2c1. The average Bonchev–Trinajstić information content (AvgIpc) is 3.14. The Morgan fingerprint density at radius 3 is 2.56 bits per heavy atom. The Bertz CT molecular complexity index is 1230. The molecular weight excluding hydrogens is 428 g/mol. The van der Waals surface area contributed by atoms with Crippen molar-refractivity contribution >= 4 is 22.8 Å². The quantitative estimate of drug-likeness (QED) is 0.368. The standard InChI is InChI=1S/C27H30N4O3/c1-3-34-25(33)12-9-21-15-23-27(29-17-21)26(24(32)18-30-13-5-4-6-14-30)19(2)31(23)22-10-7-20(16-28)8-11-22/h7-8,10-11,15,17H,3-6,9,12-14,18H2,1-2H3. The number of esters is 1. The molecular formula is C27H30N4O3. The van der Waals surface area contributed by atoms with Gasteiger partial charge in [0.05, 0.1) is 41.4 Å². The minimum atomic E-state index is -0.237. The summed E-state index contributed by atoms with van der Waals surface area (Å²) in [5.74, 6) is -0.165. The molecule has 0 saturated carbocycles. The highest BCUT2D eigenvalue weighted by Gasteiger charge is 2.24. The number of hydrogen-bond donors (Lipinski definition) is 0. The van der Waals surface area contributed by atoms with Crippen LogP contribution in [0.5, 0.6) is 0 Å². The summed E-state index contributed by atoms with van der Waals surface area (Å²) in [6, 6.07) is 11.5. The molecule has 1 aromatic carbocycles. The van der Waals surface area contributed by atoms with Gasteiger partial charge >= 0.3 is 5.97 Å². The zero-order valence-electron chi connectivity index (χ0n) is 19.8. The fraction of sp³-hybridized carbons (Fsp3) is 0.407. The van der Waals surface area contributed by atoms with Gasteiger partial charge in [0.25, 0.3) is 0 Å². The molecule has 0 N–H and O–H groups in total. The number of ketones is 1. The van der Waals surface area contributed by atoms with Crippen molar-refractivity contribution in [3.8, 4) is 11.8 Å². The number of pyridine rings is 1. The largest absolute Gasteiger partial charge is 0.466 e. The van der Waals surface area contributed by atoms with E-state index in [1.807, 2.05) is 29.7 Å². The van der Waals surface area contributed by atoms with Gasteiger partial charge in [-0.1, -0.05) is 6.42 Å². The van der Waals surface area contributed by atoms with Crippen LogP contribution in [0.3, 0.4) is 0 Å². The predicted molar refractivity (Wildman–Crippen MR) is 130 cm³/mol. The van der Waals surface area contributed by atoms with E-state index in [4.69, 9.17) is 9.72 Å². The van der Waals surface area contributed by atoms with Crippen molar-refractivity contribution in [1.82, 2.24) is 14.5 Å². The summed E-state index contributed by atoms with van der Waals surface area (Å²) in [4.78, 5) is 32.2. The van der Waals surface area contributed by atoms with Crippen LogP contribution in [-0.4, -0.2) is 52.4 Å². The summed E-state index contributed by atoms with van der Waals surface area (Å²) in [5.41, 5.74) is 5.31. The summed E-state index contributed by atoms with van der Waals surface area (Å²) in [5, 5.41) is 9.18. The number of nitriles is 1. The van der Waals surface area contributed by atoms with Crippen molar-refractivity contribution in [2.75, 3.05) is 26.2 Å². The number of aryl methyl sites for hydroxylation is 1. The van der Waals surface area contributed by atoms with Gasteiger partial charge in [0, 0.05) is 24.0 Å². The molecule has 1 fully saturated rings. The number of likely N-dealkylation sites (tertiary alicyclic amines) is 1. The fourth-order valence-corrected chi connectivity index (χ4v) is 4.69. The average molecular weight is 459 g/mol. The lowest BCUT2D eigenvalue weighted by atomic mass is 10.1. The molecule has 0 spiro atoms. The lowest BCUT2D eigenvalue weighted by Gasteiger charge is -2.25. The van der Waals surface area contributed by atoms with Gasteiger partial charge in [0.15, 0.2) is 5.78 Å². The van der Waals surface area contributed by atoms with Crippen molar-refractivity contribution in [3.63, 3.8) is 0 Å². The third-order valence-corrected chi connectivity index (χ3v) is 6.37. The predicted octanol–water partition coefficient (Wildman–Crippen LogP) is 4.37. The van der Waals surface area contributed by atoms with Crippen molar-refractivity contribution in [2.24, 2.45) is 0 Å². The summed E-state index contributed by atoms with van der Waals surface area (Å²) in [6.45, 7) is 6.39. The van der Waals surface area contributed by atoms with Crippen molar-refractivity contribution < 1.29 is 14.3 Å². The number of Topliss-reactive ketones (excluding diaryl/α,β-unsaturated/α-hetero) is 1. The van der Waals surface area contributed by atoms with E-state index in [1.165, 1.54) is 6.42 Å². The Morgan fingerprint density at radius 1 is 1.15 bits per heavy atom. The fourth-order valence-electron chi connectivity index (χ4n) is 4.69. The first-order valence-corrected chi connectivity index (χ1v) is 11.9. The van der Waals surface area contributed by atoms with Gasteiger partial charge in [0.2, 0.25) is 0 Å². The monoisotopic (exact) mass is 458 g/mol. The van der Waals surface area contributed by atoms with Crippen LogP contribution in [0.25, 0.3) is 16.7 Å². The van der Waals surface area contributed by atoms with Gasteiger partial charge in [0.1, 0.15) is 0 Å². The summed E-state index contributed by atoms with van der Waals surface area (Å²) < 4.78 is 7.08. The highest BCUT2D eigenvalue weighted by molar-refractivity contribution is 6.09. The highest BCUT2D eigenvalue weighted by atomic mass is 16.5. The second kappa shape index (κ2) is 10.6. The number of nitrogens with zero attached hydrogens (tertiary/aromatic N) is 4. The molecule has 3 heterocycles. The topological polar surface area (TPSA) is 88.2 Å². The van der Waals surface area contributed by atoms with Crippen LogP contribution in [0, 0.1) is 18.3 Å². The van der Waals surface area contributed by atoms with Crippen molar-refractivity contribution in [1.29, 1.82) is 5.26 Å². The molecule has 1 aliphatic rings. The minimum Gasteiger partial charge on any atom is -0.466 e. The van der Waals surface area contributed by atoms with Crippen LogP contribution >= 0.6 is 0 Å². The Morgan fingerprint density at radius 2 is 1.88 bits per heavy atom. The molecule has 1 aliphatic heterocycles. The molecule has 3 aromatic rings. The van der Waals surface area contributed by atoms with Crippen LogP contribution in [-0.2, 0) is 16.0 Å². The maximum atomic E-state index is 13.5. The van der Waals surface area contributed by atoms with Crippen molar-refractivity contribution in [3.05, 3.63) is 58.9 Å². The second-order valence-electron chi connectivity index (χ2n) is 8.73. The van der Waals surface area contributed by atoms with E-state index in [0.29, 0.717) is 36.2 Å². The van der Waals surface area contributed by atoms with Gasteiger partial charge in [-0.3, -0.25) is 19.5 Å². The third kappa shape index (κ3) is 5.02. The van der Waals surface area contributed by atoms with Crippen LogP contribution < -0.4 is 0 Å². The molecule has 0 atom stereocenters. The zero-order chi connectivity index (χ0) is 24.1. The Balaban J connectivity index is 1.75. The Kier molecular flexibility index (Phi) is 7.39. The number of rotatable bonds is 8. The van der Waals surface area contributed by atoms with Gasteiger partial charge in [-0.15, -0.1) is 0 Å². The molecule has 1 saturated heterocycles. The van der Waals surface area contributed by atoms with E-state index < -0.39 is 0 Å². The highest BCUT2D eigenvalue weighted by Crippen LogP contribution is 2.30. The first-order chi connectivity index (χ1) is 16.5. The number of piperidine rings is 1. The van der Waals surface area contributed by atoms with E-state index in [0.717, 1.165) is 48.4 Å². The number of ether oxygens (including phenoxy) is 1. The molecule has 0 bridgehead atoms. The number of aromatic nitrogens is 2. The molecule has 34 heavy (non-hydrogen) atoms. The number of carbonyl (C=O) groups excluding carboxylic acids is 2. The normalized spacial score (nSPS) is 14.1. The van der Waals surface area contributed by atoms with E-state index in [9.17, 15) is 14.9 Å². The zero-order valence-corrected chi connectivity index (χ0v) is 19.8. The van der Waals surface area contributed by atoms with Gasteiger partial charge in [-0.25, -0.2) is 0 Å². The summed E-state index contributed by atoms with van der Waals surface area (Å²) in [7, 11) is 0. The first kappa shape index (κ1) is 23.7. The van der Waals surface area contributed by atoms with E-state index in [2.05, 4.69) is 11.0 Å². The minimum absolute atomic E-state index is 0.0727. The number of fused-ring (bicyclic) bond motifs is 1. The molecule has 0 aliphatic carbocycles. The second-order valence-corrected chi connectivity index (χ2v) is 8.73. The molecule has 2 aromatic heterocycles. The molecule has 0 amide bonds. The lowest BCUT2D eigenvalue weighted by Crippen LogP contribution is -2.34. The maximum absolute atomic E-state index is 13.5. The van der Waals surface area contributed by atoms with Gasteiger partial charge in [-0.05, 0) is 82.1 Å². The molecule has 0 radical (unpaired) electrons. The van der Waals surface area contributed by atoms with E-state index in [-0.39, 0.29) is 18.2 Å². The number of carbonyl (C=O) groups is 2. The van der Waals surface area contributed by atoms with E-state index >= 15 is 0 Å². The maximum Gasteiger partial charge on any atom is 0.306 e. The Hall–Kier alpha value is -3.50. The van der Waals surface area contributed by atoms with Gasteiger partial charge in [-0.2, -0.15) is 5.26 Å². The third-order valence-electron chi connectivity index (χ3n) is 6.37. The van der Waals surface area contributed by atoms with E-state index in [1.54, 1.807) is 25.3 Å². The lowest BCUT2D eigenvalue weighted by molar-refractivity contribution is -0.143. The van der Waals surface area contributed by atoms with Gasteiger partial charge < -0.3 is 9.30 Å². The van der Waals surface area contributed by atoms with Crippen LogP contribution in [0.4, 0.5) is 0 Å². The molecule has 4 rings (SSSR count). The number of benzene rings is 1. The van der Waals surface area contributed by atoms with Crippen LogP contribution in [0.1, 0.15) is 59.8 Å². The molecule has 0 unspecified atom stereocenters. The molecule has 7 heteroatoms. The summed E-state index contributed by atoms with van der Waals surface area (Å²) in [6.07, 6.45) is 6.01. The van der Waals surface area contributed by atoms with Crippen molar-refractivity contribution in [2.45, 2.75) is 46.0 Å². The van der Waals surface area contributed by atoms with Crippen LogP contribution in [0.2, 0.25) is 0 Å². The summed E-state index contributed by atoms with van der Waals surface area (Å²) >= 11 is 0. The number of hydrogen-bond acceptors (Lipinski definition) is 6.